The summed E-state index contributed by atoms with van der Waals surface area (Å²) in [4.78, 5) is 14.0. The molecule has 0 aromatic heterocycles. The first-order chi connectivity index (χ1) is 7.67. The summed E-state index contributed by atoms with van der Waals surface area (Å²) >= 11 is 0. The zero-order valence-electron chi connectivity index (χ0n) is 12.4. The van der Waals surface area contributed by atoms with E-state index in [-0.39, 0.29) is 17.2 Å². The lowest BCUT2D eigenvalue weighted by atomic mass is 9.84. The number of nitrogens with two attached hydrogens (primary N) is 1. The van der Waals surface area contributed by atoms with E-state index in [1.807, 2.05) is 11.9 Å². The van der Waals surface area contributed by atoms with E-state index in [0.717, 1.165) is 19.4 Å². The van der Waals surface area contributed by atoms with Crippen molar-refractivity contribution in [2.75, 3.05) is 20.1 Å². The van der Waals surface area contributed by atoms with Gasteiger partial charge in [0.15, 0.2) is 0 Å². The van der Waals surface area contributed by atoms with Gasteiger partial charge in [0.1, 0.15) is 0 Å². The molecule has 0 aromatic carbocycles. The van der Waals surface area contributed by atoms with Crippen molar-refractivity contribution < 1.29 is 4.79 Å². The van der Waals surface area contributed by atoms with Gasteiger partial charge in [0, 0.05) is 20.1 Å². The minimum absolute atomic E-state index is 0.0350. The Bertz CT molecular complexity index is 231. The molecule has 0 aliphatic rings. The molecule has 102 valence electrons. The number of nitrogens with zero attached hydrogens (tertiary/aromatic N) is 1. The van der Waals surface area contributed by atoms with Crippen molar-refractivity contribution in [2.45, 2.75) is 47.5 Å². The van der Waals surface area contributed by atoms with Crippen molar-refractivity contribution in [3.63, 3.8) is 0 Å². The fourth-order valence-electron chi connectivity index (χ4n) is 1.88. The molecule has 0 rings (SSSR count). The fraction of sp³-hybridized carbons (Fsp3) is 0.929. The summed E-state index contributed by atoms with van der Waals surface area (Å²) in [6.07, 6.45) is 1.91. The van der Waals surface area contributed by atoms with Crippen LogP contribution < -0.4 is 5.73 Å². The van der Waals surface area contributed by atoms with Gasteiger partial charge in [-0.1, -0.05) is 34.6 Å². The molecule has 17 heavy (non-hydrogen) atoms. The van der Waals surface area contributed by atoms with Crippen LogP contribution >= 0.6 is 0 Å². The molecule has 2 N–H and O–H groups in total. The Kier molecular flexibility index (Phi) is 6.76. The zero-order valence-corrected chi connectivity index (χ0v) is 12.4. The molecule has 3 heteroatoms. The second-order valence-corrected chi connectivity index (χ2v) is 6.64. The monoisotopic (exact) mass is 242 g/mol. The third-order valence-corrected chi connectivity index (χ3v) is 2.91. The van der Waals surface area contributed by atoms with Crippen LogP contribution in [-0.2, 0) is 4.79 Å². The Morgan fingerprint density at radius 3 is 2.18 bits per heavy atom. The number of amides is 1. The molecular formula is C14H30N2O. The smallest absolute Gasteiger partial charge is 0.226 e. The molecule has 0 aromatic rings. The van der Waals surface area contributed by atoms with E-state index < -0.39 is 0 Å². The topological polar surface area (TPSA) is 46.3 Å². The van der Waals surface area contributed by atoms with Gasteiger partial charge in [-0.2, -0.15) is 0 Å². The van der Waals surface area contributed by atoms with Crippen LogP contribution in [0.5, 0.6) is 0 Å². The van der Waals surface area contributed by atoms with Crippen molar-refractivity contribution >= 4 is 5.91 Å². The lowest BCUT2D eigenvalue weighted by Crippen LogP contribution is -2.39. The quantitative estimate of drug-likeness (QED) is 0.778. The number of hydrogen-bond donors (Lipinski definition) is 1. The van der Waals surface area contributed by atoms with E-state index in [1.165, 1.54) is 0 Å². The molecule has 0 fully saturated rings. The average molecular weight is 242 g/mol. The summed E-state index contributed by atoms with van der Waals surface area (Å²) in [6.45, 7) is 12.1. The molecule has 0 bridgehead atoms. The van der Waals surface area contributed by atoms with Crippen molar-refractivity contribution in [3.05, 3.63) is 0 Å². The predicted molar refractivity (Wildman–Crippen MR) is 73.7 cm³/mol. The van der Waals surface area contributed by atoms with Gasteiger partial charge in [0.05, 0.1) is 5.92 Å². The highest BCUT2D eigenvalue weighted by atomic mass is 16.2. The minimum atomic E-state index is -0.0350. The summed E-state index contributed by atoms with van der Waals surface area (Å²) in [6, 6.07) is 0. The van der Waals surface area contributed by atoms with Gasteiger partial charge >= 0.3 is 0 Å². The Labute approximate surface area is 107 Å². The van der Waals surface area contributed by atoms with E-state index in [2.05, 4.69) is 34.6 Å². The van der Waals surface area contributed by atoms with E-state index in [9.17, 15) is 4.79 Å². The molecule has 0 aliphatic carbocycles. The highest BCUT2D eigenvalue weighted by Gasteiger charge is 2.25. The van der Waals surface area contributed by atoms with Crippen LogP contribution in [-0.4, -0.2) is 30.9 Å². The van der Waals surface area contributed by atoms with Crippen molar-refractivity contribution in [2.24, 2.45) is 23.0 Å². The highest BCUT2D eigenvalue weighted by Crippen LogP contribution is 2.25. The molecule has 0 heterocycles. The summed E-state index contributed by atoms with van der Waals surface area (Å²) < 4.78 is 0. The Hall–Kier alpha value is -0.570. The van der Waals surface area contributed by atoms with Crippen LogP contribution in [0.4, 0.5) is 0 Å². The van der Waals surface area contributed by atoms with E-state index in [4.69, 9.17) is 5.73 Å². The summed E-state index contributed by atoms with van der Waals surface area (Å²) in [5.74, 6) is 0.791. The maximum atomic E-state index is 12.2. The Morgan fingerprint density at radius 1 is 1.29 bits per heavy atom. The maximum absolute atomic E-state index is 12.2. The van der Waals surface area contributed by atoms with Gasteiger partial charge in [0.25, 0.3) is 0 Å². The number of carbonyl (C=O) groups is 1. The molecule has 0 radical (unpaired) electrons. The number of carbonyl (C=O) groups excluding carboxylic acids is 1. The van der Waals surface area contributed by atoms with E-state index in [1.54, 1.807) is 0 Å². The summed E-state index contributed by atoms with van der Waals surface area (Å²) in [5.41, 5.74) is 5.88. The lowest BCUT2D eigenvalue weighted by Gasteiger charge is -2.28. The van der Waals surface area contributed by atoms with Gasteiger partial charge < -0.3 is 10.6 Å². The van der Waals surface area contributed by atoms with Crippen LogP contribution in [0.25, 0.3) is 0 Å². The molecule has 0 spiro atoms. The van der Waals surface area contributed by atoms with Crippen LogP contribution in [0.3, 0.4) is 0 Å². The second kappa shape index (κ2) is 7.00. The maximum Gasteiger partial charge on any atom is 0.226 e. The molecule has 1 atom stereocenters. The zero-order chi connectivity index (χ0) is 13.6. The van der Waals surface area contributed by atoms with Gasteiger partial charge in [0.2, 0.25) is 5.91 Å². The number of hydrogen-bond acceptors (Lipinski definition) is 2. The summed E-state index contributed by atoms with van der Waals surface area (Å²) in [5, 5.41) is 0. The van der Waals surface area contributed by atoms with E-state index >= 15 is 0 Å². The van der Waals surface area contributed by atoms with Gasteiger partial charge in [-0.15, -0.1) is 0 Å². The van der Waals surface area contributed by atoms with Crippen LogP contribution in [0.2, 0.25) is 0 Å². The third-order valence-electron chi connectivity index (χ3n) is 2.91. The first-order valence-corrected chi connectivity index (χ1v) is 6.62. The van der Waals surface area contributed by atoms with Crippen LogP contribution in [0.15, 0.2) is 0 Å². The fourth-order valence-corrected chi connectivity index (χ4v) is 1.88. The Morgan fingerprint density at radius 2 is 1.82 bits per heavy atom. The highest BCUT2D eigenvalue weighted by molar-refractivity contribution is 5.78. The molecule has 1 amide bonds. The van der Waals surface area contributed by atoms with Crippen molar-refractivity contribution in [1.82, 2.24) is 4.90 Å². The standard InChI is InChI=1S/C14H30N2O/c1-11(2)7-8-16(6)13(17)12(10-15)9-14(3,4)5/h11-12H,7-10,15H2,1-6H3. The third kappa shape index (κ3) is 7.37. The molecule has 3 nitrogen and oxygen atoms in total. The van der Waals surface area contributed by atoms with E-state index in [0.29, 0.717) is 12.5 Å². The molecular weight excluding hydrogens is 212 g/mol. The molecule has 0 aliphatic heterocycles. The molecule has 0 saturated heterocycles. The second-order valence-electron chi connectivity index (χ2n) is 6.64. The lowest BCUT2D eigenvalue weighted by molar-refractivity contribution is -0.135. The normalized spacial score (nSPS) is 13.9. The van der Waals surface area contributed by atoms with Crippen LogP contribution in [0.1, 0.15) is 47.5 Å². The van der Waals surface area contributed by atoms with Crippen molar-refractivity contribution in [3.8, 4) is 0 Å². The van der Waals surface area contributed by atoms with Gasteiger partial charge in [-0.3, -0.25) is 4.79 Å². The SMILES string of the molecule is CC(C)CCN(C)C(=O)C(CN)CC(C)(C)C. The average Bonchev–Trinajstić information content (AvgIpc) is 2.20. The molecule has 1 unspecified atom stereocenters. The first kappa shape index (κ1) is 16.4. The summed E-state index contributed by atoms with van der Waals surface area (Å²) in [7, 11) is 1.88. The predicted octanol–water partition coefficient (Wildman–Crippen LogP) is 2.50. The van der Waals surface area contributed by atoms with Crippen LogP contribution in [0, 0.1) is 17.3 Å². The van der Waals surface area contributed by atoms with Gasteiger partial charge in [-0.05, 0) is 24.2 Å². The number of rotatable bonds is 6. The Balaban J connectivity index is 4.33. The first-order valence-electron chi connectivity index (χ1n) is 6.62. The van der Waals surface area contributed by atoms with Gasteiger partial charge in [-0.25, -0.2) is 0 Å². The molecule has 0 saturated carbocycles. The van der Waals surface area contributed by atoms with Crippen molar-refractivity contribution in [1.29, 1.82) is 0 Å². The largest absolute Gasteiger partial charge is 0.345 e. The minimum Gasteiger partial charge on any atom is -0.345 e.